The van der Waals surface area contributed by atoms with Gasteiger partial charge in [0.1, 0.15) is 0 Å². The van der Waals surface area contributed by atoms with Crippen molar-refractivity contribution >= 4 is 0 Å². The quantitative estimate of drug-likeness (QED) is 0.707. The third-order valence-electron chi connectivity index (χ3n) is 3.63. The molecule has 1 fully saturated rings. The average molecular weight is 212 g/mol. The van der Waals surface area contributed by atoms with Crippen LogP contribution in [0.3, 0.4) is 0 Å². The molecular formula is C13H28N2. The van der Waals surface area contributed by atoms with E-state index in [4.69, 9.17) is 0 Å². The van der Waals surface area contributed by atoms with E-state index in [9.17, 15) is 0 Å². The van der Waals surface area contributed by atoms with Gasteiger partial charge in [-0.25, -0.2) is 0 Å². The van der Waals surface area contributed by atoms with Gasteiger partial charge in [-0.2, -0.15) is 0 Å². The molecule has 1 rings (SSSR count). The molecule has 15 heavy (non-hydrogen) atoms. The molecule has 90 valence electrons. The summed E-state index contributed by atoms with van der Waals surface area (Å²) in [5, 5.41) is 0. The maximum Gasteiger partial charge on any atom is 0.0198 e. The highest BCUT2D eigenvalue weighted by Crippen LogP contribution is 2.18. The molecule has 0 aromatic heterocycles. The minimum Gasteiger partial charge on any atom is -0.298 e. The van der Waals surface area contributed by atoms with Gasteiger partial charge in [0.15, 0.2) is 0 Å². The van der Waals surface area contributed by atoms with Crippen molar-refractivity contribution < 1.29 is 0 Å². The molecule has 0 spiro atoms. The number of unbranched alkanes of at least 4 members (excludes halogenated alkanes) is 1. The maximum atomic E-state index is 2.68. The molecule has 0 amide bonds. The number of hydrogen-bond donors (Lipinski definition) is 0. The van der Waals surface area contributed by atoms with Crippen LogP contribution in [-0.4, -0.2) is 47.6 Å². The smallest absolute Gasteiger partial charge is 0.0198 e. The Hall–Kier alpha value is -0.0800. The van der Waals surface area contributed by atoms with Crippen molar-refractivity contribution in [2.24, 2.45) is 0 Å². The lowest BCUT2D eigenvalue weighted by atomic mass is 10.1. The van der Waals surface area contributed by atoms with Gasteiger partial charge in [-0.1, -0.05) is 13.3 Å². The lowest BCUT2D eigenvalue weighted by molar-refractivity contribution is 0.0231. The molecular weight excluding hydrogens is 184 g/mol. The highest BCUT2D eigenvalue weighted by atomic mass is 15.3. The summed E-state index contributed by atoms with van der Waals surface area (Å²) in [5.41, 5.74) is 0. The molecule has 2 heteroatoms. The molecule has 2 unspecified atom stereocenters. The first-order valence-electron chi connectivity index (χ1n) is 6.56. The first-order valence-corrected chi connectivity index (χ1v) is 6.56. The molecule has 2 nitrogen and oxygen atoms in total. The van der Waals surface area contributed by atoms with Gasteiger partial charge in [0.2, 0.25) is 0 Å². The fourth-order valence-corrected chi connectivity index (χ4v) is 2.60. The topological polar surface area (TPSA) is 6.48 Å². The second-order valence-electron chi connectivity index (χ2n) is 5.34. The van der Waals surface area contributed by atoms with Gasteiger partial charge in [0.25, 0.3) is 0 Å². The predicted molar refractivity (Wildman–Crippen MR) is 67.2 cm³/mol. The summed E-state index contributed by atoms with van der Waals surface area (Å²) in [4.78, 5) is 5.29. The van der Waals surface area contributed by atoms with Gasteiger partial charge < -0.3 is 0 Å². The van der Waals surface area contributed by atoms with Crippen molar-refractivity contribution in [3.63, 3.8) is 0 Å². The normalized spacial score (nSPS) is 30.0. The first kappa shape index (κ1) is 13.0. The molecule has 1 aliphatic rings. The summed E-state index contributed by atoms with van der Waals surface area (Å²) in [7, 11) is 0. The van der Waals surface area contributed by atoms with Crippen molar-refractivity contribution in [3.8, 4) is 0 Å². The molecule has 0 radical (unpaired) electrons. The first-order chi connectivity index (χ1) is 7.06. The van der Waals surface area contributed by atoms with Crippen LogP contribution in [0.15, 0.2) is 0 Å². The Kier molecular flexibility index (Phi) is 5.07. The Morgan fingerprint density at radius 1 is 1.13 bits per heavy atom. The van der Waals surface area contributed by atoms with E-state index >= 15 is 0 Å². The zero-order valence-electron chi connectivity index (χ0n) is 11.2. The molecule has 2 atom stereocenters. The van der Waals surface area contributed by atoms with Crippen molar-refractivity contribution in [2.75, 3.05) is 19.6 Å². The van der Waals surface area contributed by atoms with Crippen molar-refractivity contribution in [1.82, 2.24) is 9.80 Å². The Labute approximate surface area is 95.6 Å². The van der Waals surface area contributed by atoms with Gasteiger partial charge >= 0.3 is 0 Å². The second-order valence-corrected chi connectivity index (χ2v) is 5.34. The molecule has 1 aliphatic heterocycles. The summed E-state index contributed by atoms with van der Waals surface area (Å²) >= 11 is 0. The molecule has 1 saturated heterocycles. The maximum absolute atomic E-state index is 2.68. The highest BCUT2D eigenvalue weighted by molar-refractivity contribution is 4.85. The van der Waals surface area contributed by atoms with Crippen LogP contribution in [0, 0.1) is 0 Å². The highest BCUT2D eigenvalue weighted by Gasteiger charge is 2.29. The monoisotopic (exact) mass is 212 g/mol. The number of rotatable bonds is 4. The number of hydrogen-bond acceptors (Lipinski definition) is 2. The van der Waals surface area contributed by atoms with Crippen LogP contribution < -0.4 is 0 Å². The zero-order valence-corrected chi connectivity index (χ0v) is 11.2. The van der Waals surface area contributed by atoms with E-state index in [-0.39, 0.29) is 0 Å². The summed E-state index contributed by atoms with van der Waals surface area (Å²) < 4.78 is 0. The third-order valence-corrected chi connectivity index (χ3v) is 3.63. The zero-order chi connectivity index (χ0) is 11.4. The van der Waals surface area contributed by atoms with Gasteiger partial charge in [-0.15, -0.1) is 0 Å². The van der Waals surface area contributed by atoms with Crippen LogP contribution in [0.1, 0.15) is 47.5 Å². The van der Waals surface area contributed by atoms with E-state index in [1.807, 2.05) is 0 Å². The van der Waals surface area contributed by atoms with E-state index in [0.717, 1.165) is 12.1 Å². The molecule has 0 aliphatic carbocycles. The average Bonchev–Trinajstić information content (AvgIpc) is 2.16. The predicted octanol–water partition coefficient (Wildman–Crippen LogP) is 2.59. The number of piperazine rings is 1. The molecule has 0 aromatic carbocycles. The van der Waals surface area contributed by atoms with Gasteiger partial charge in [0.05, 0.1) is 0 Å². The Balaban J connectivity index is 2.48. The summed E-state index contributed by atoms with van der Waals surface area (Å²) in [6.45, 7) is 15.4. The molecule has 1 heterocycles. The fourth-order valence-electron chi connectivity index (χ4n) is 2.60. The van der Waals surface area contributed by atoms with Gasteiger partial charge in [-0.05, 0) is 40.7 Å². The minimum absolute atomic E-state index is 0.697. The van der Waals surface area contributed by atoms with Crippen LogP contribution in [0.5, 0.6) is 0 Å². The molecule has 0 aromatic rings. The summed E-state index contributed by atoms with van der Waals surface area (Å²) in [6.07, 6.45) is 2.65. The van der Waals surface area contributed by atoms with Crippen LogP contribution in [0.25, 0.3) is 0 Å². The van der Waals surface area contributed by atoms with Gasteiger partial charge in [0, 0.05) is 31.2 Å². The van der Waals surface area contributed by atoms with E-state index in [2.05, 4.69) is 44.4 Å². The van der Waals surface area contributed by atoms with E-state index in [1.54, 1.807) is 0 Å². The third kappa shape index (κ3) is 3.46. The van der Waals surface area contributed by atoms with Crippen LogP contribution in [0.4, 0.5) is 0 Å². The Bertz CT molecular complexity index is 167. The van der Waals surface area contributed by atoms with E-state index < -0.39 is 0 Å². The van der Waals surface area contributed by atoms with Crippen LogP contribution in [-0.2, 0) is 0 Å². The van der Waals surface area contributed by atoms with Crippen molar-refractivity contribution in [2.45, 2.75) is 65.6 Å². The van der Waals surface area contributed by atoms with Crippen LogP contribution >= 0.6 is 0 Å². The summed E-state index contributed by atoms with van der Waals surface area (Å²) in [5.74, 6) is 0. The lowest BCUT2D eigenvalue weighted by Crippen LogP contribution is -2.58. The Morgan fingerprint density at radius 3 is 2.07 bits per heavy atom. The summed E-state index contributed by atoms with van der Waals surface area (Å²) in [6, 6.07) is 2.15. The molecule has 0 N–H and O–H groups in total. The lowest BCUT2D eigenvalue weighted by Gasteiger charge is -2.46. The van der Waals surface area contributed by atoms with Crippen LogP contribution in [0.2, 0.25) is 0 Å². The van der Waals surface area contributed by atoms with Gasteiger partial charge in [-0.3, -0.25) is 9.80 Å². The van der Waals surface area contributed by atoms with Crippen molar-refractivity contribution in [3.05, 3.63) is 0 Å². The Morgan fingerprint density at radius 2 is 1.67 bits per heavy atom. The number of nitrogens with zero attached hydrogens (tertiary/aromatic N) is 2. The van der Waals surface area contributed by atoms with Crippen molar-refractivity contribution in [1.29, 1.82) is 0 Å². The molecule has 0 bridgehead atoms. The molecule has 0 saturated carbocycles. The fraction of sp³-hybridized carbons (Fsp3) is 1.00. The largest absolute Gasteiger partial charge is 0.298 e. The van der Waals surface area contributed by atoms with E-state index in [1.165, 1.54) is 32.5 Å². The van der Waals surface area contributed by atoms with E-state index in [0.29, 0.717) is 6.04 Å². The SMILES string of the molecule is CCCCN1C(C)CN(C(C)C)CC1C. The second kappa shape index (κ2) is 5.86. The standard InChI is InChI=1S/C13H28N2/c1-6-7-8-15-12(4)9-14(11(2)3)10-13(15)5/h11-13H,6-10H2,1-5H3. The minimum atomic E-state index is 0.697.